The molecular formula is C21H25N5O. The molecule has 3 heterocycles. The van der Waals surface area contributed by atoms with E-state index in [4.69, 9.17) is 9.72 Å². The highest BCUT2D eigenvalue weighted by atomic mass is 16.5. The number of hydrogen-bond acceptors (Lipinski definition) is 5. The summed E-state index contributed by atoms with van der Waals surface area (Å²) in [6.07, 6.45) is 2.93. The topological polar surface area (TPSA) is 57.3 Å². The van der Waals surface area contributed by atoms with Gasteiger partial charge in [0.15, 0.2) is 0 Å². The molecule has 6 heteroatoms. The fourth-order valence-electron chi connectivity index (χ4n) is 3.42. The quantitative estimate of drug-likeness (QED) is 0.755. The number of aromatic amines is 1. The standard InChI is InChI=1S/C21H25N5O/c1-25(2)20-8-7-15(12-22-20)13-26-10-9-18-19(14-26)24-21(23-18)16-5-4-6-17(11-16)27-3/h4-8,11-12H,9-10,13-14H2,1-3H3,(H,23,24). The van der Waals surface area contributed by atoms with Gasteiger partial charge < -0.3 is 14.6 Å². The van der Waals surface area contributed by atoms with E-state index in [0.717, 1.165) is 49.0 Å². The van der Waals surface area contributed by atoms with Gasteiger partial charge in [0.05, 0.1) is 18.5 Å². The molecule has 3 aromatic rings. The third-order valence-corrected chi connectivity index (χ3v) is 4.93. The molecule has 0 saturated carbocycles. The number of anilines is 1. The summed E-state index contributed by atoms with van der Waals surface area (Å²) in [5.74, 6) is 2.74. The second kappa shape index (κ2) is 7.40. The Balaban J connectivity index is 1.47. The van der Waals surface area contributed by atoms with Crippen LogP contribution in [0, 0.1) is 0 Å². The molecule has 0 spiro atoms. The van der Waals surface area contributed by atoms with Gasteiger partial charge in [-0.15, -0.1) is 0 Å². The number of rotatable bonds is 5. The van der Waals surface area contributed by atoms with E-state index in [2.05, 4.69) is 33.1 Å². The van der Waals surface area contributed by atoms with Gasteiger partial charge in [0, 0.05) is 51.9 Å². The van der Waals surface area contributed by atoms with Gasteiger partial charge in [-0.3, -0.25) is 4.90 Å². The minimum Gasteiger partial charge on any atom is -0.497 e. The second-order valence-corrected chi connectivity index (χ2v) is 7.12. The van der Waals surface area contributed by atoms with Gasteiger partial charge in [-0.25, -0.2) is 9.97 Å². The van der Waals surface area contributed by atoms with Crippen molar-refractivity contribution in [1.29, 1.82) is 0 Å². The lowest BCUT2D eigenvalue weighted by Gasteiger charge is -2.26. The van der Waals surface area contributed by atoms with E-state index in [0.29, 0.717) is 0 Å². The molecule has 0 atom stereocenters. The van der Waals surface area contributed by atoms with Crippen LogP contribution in [0.1, 0.15) is 17.0 Å². The van der Waals surface area contributed by atoms with Crippen LogP contribution in [0.4, 0.5) is 5.82 Å². The summed E-state index contributed by atoms with van der Waals surface area (Å²) in [4.78, 5) is 17.3. The number of pyridine rings is 1. The normalized spacial score (nSPS) is 14.0. The Morgan fingerprint density at radius 3 is 2.85 bits per heavy atom. The first-order valence-electron chi connectivity index (χ1n) is 9.19. The lowest BCUT2D eigenvalue weighted by Crippen LogP contribution is -2.30. The first-order valence-corrected chi connectivity index (χ1v) is 9.19. The average molecular weight is 363 g/mol. The monoisotopic (exact) mass is 363 g/mol. The van der Waals surface area contributed by atoms with Gasteiger partial charge in [0.2, 0.25) is 0 Å². The minimum atomic E-state index is 0.845. The van der Waals surface area contributed by atoms with Gasteiger partial charge in [-0.05, 0) is 23.8 Å². The van der Waals surface area contributed by atoms with Crippen LogP contribution < -0.4 is 9.64 Å². The summed E-state index contributed by atoms with van der Waals surface area (Å²) >= 11 is 0. The molecule has 1 aromatic carbocycles. The fraction of sp³-hybridized carbons (Fsp3) is 0.333. The zero-order valence-electron chi connectivity index (χ0n) is 16.1. The first-order chi connectivity index (χ1) is 13.1. The second-order valence-electron chi connectivity index (χ2n) is 7.12. The predicted octanol–water partition coefficient (Wildman–Crippen LogP) is 3.10. The summed E-state index contributed by atoms with van der Waals surface area (Å²) in [6.45, 7) is 2.78. The van der Waals surface area contributed by atoms with Crippen LogP contribution in [0.2, 0.25) is 0 Å². The van der Waals surface area contributed by atoms with E-state index < -0.39 is 0 Å². The Hall–Kier alpha value is -2.86. The lowest BCUT2D eigenvalue weighted by atomic mass is 10.1. The Labute approximate surface area is 159 Å². The molecule has 140 valence electrons. The number of fused-ring (bicyclic) bond motifs is 1. The van der Waals surface area contributed by atoms with Crippen molar-refractivity contribution in [2.75, 3.05) is 32.6 Å². The summed E-state index contributed by atoms with van der Waals surface area (Å²) in [5.41, 5.74) is 4.66. The number of nitrogens with one attached hydrogen (secondary N) is 1. The van der Waals surface area contributed by atoms with Gasteiger partial charge in [-0.2, -0.15) is 0 Å². The number of imidazole rings is 1. The van der Waals surface area contributed by atoms with Crippen molar-refractivity contribution < 1.29 is 4.74 Å². The summed E-state index contributed by atoms with van der Waals surface area (Å²) in [5, 5.41) is 0. The smallest absolute Gasteiger partial charge is 0.137 e. The summed E-state index contributed by atoms with van der Waals surface area (Å²) < 4.78 is 5.33. The zero-order chi connectivity index (χ0) is 18.8. The minimum absolute atomic E-state index is 0.845. The molecule has 0 saturated heterocycles. The number of methoxy groups -OCH3 is 1. The van der Waals surface area contributed by atoms with Crippen LogP contribution in [0.15, 0.2) is 42.6 Å². The maximum atomic E-state index is 5.33. The van der Waals surface area contributed by atoms with E-state index in [9.17, 15) is 0 Å². The molecule has 0 fully saturated rings. The maximum Gasteiger partial charge on any atom is 0.137 e. The van der Waals surface area contributed by atoms with E-state index in [1.165, 1.54) is 17.0 Å². The molecule has 1 aliphatic rings. The molecule has 4 rings (SSSR count). The number of benzene rings is 1. The molecule has 0 unspecified atom stereocenters. The Morgan fingerprint density at radius 2 is 2.11 bits per heavy atom. The summed E-state index contributed by atoms with van der Waals surface area (Å²) in [7, 11) is 5.70. The molecule has 0 bridgehead atoms. The van der Waals surface area contributed by atoms with Crippen molar-refractivity contribution in [3.63, 3.8) is 0 Å². The van der Waals surface area contributed by atoms with Crippen LogP contribution in [0.5, 0.6) is 5.75 Å². The average Bonchev–Trinajstić information content (AvgIpc) is 3.12. The highest BCUT2D eigenvalue weighted by molar-refractivity contribution is 5.58. The number of H-pyrrole nitrogens is 1. The van der Waals surface area contributed by atoms with Gasteiger partial charge in [0.1, 0.15) is 17.4 Å². The third-order valence-electron chi connectivity index (χ3n) is 4.93. The van der Waals surface area contributed by atoms with Gasteiger partial charge in [0.25, 0.3) is 0 Å². The maximum absolute atomic E-state index is 5.33. The van der Waals surface area contributed by atoms with Crippen LogP contribution in [-0.2, 0) is 19.5 Å². The highest BCUT2D eigenvalue weighted by Crippen LogP contribution is 2.26. The van der Waals surface area contributed by atoms with Crippen molar-refractivity contribution in [3.8, 4) is 17.1 Å². The number of aromatic nitrogens is 3. The van der Waals surface area contributed by atoms with E-state index >= 15 is 0 Å². The van der Waals surface area contributed by atoms with Gasteiger partial charge in [-0.1, -0.05) is 18.2 Å². The van der Waals surface area contributed by atoms with E-state index in [-0.39, 0.29) is 0 Å². The van der Waals surface area contributed by atoms with Crippen molar-refractivity contribution in [1.82, 2.24) is 19.9 Å². The molecule has 6 nitrogen and oxygen atoms in total. The van der Waals surface area contributed by atoms with Crippen molar-refractivity contribution in [3.05, 3.63) is 59.5 Å². The molecular weight excluding hydrogens is 338 g/mol. The number of hydrogen-bond donors (Lipinski definition) is 1. The molecule has 0 aliphatic carbocycles. The third kappa shape index (κ3) is 3.80. The molecule has 2 aromatic heterocycles. The predicted molar refractivity (Wildman–Crippen MR) is 107 cm³/mol. The number of nitrogens with zero attached hydrogens (tertiary/aromatic N) is 4. The van der Waals surface area contributed by atoms with E-state index in [1.54, 1.807) is 7.11 Å². The first kappa shape index (κ1) is 17.5. The van der Waals surface area contributed by atoms with Gasteiger partial charge >= 0.3 is 0 Å². The number of ether oxygens (including phenoxy) is 1. The molecule has 1 aliphatic heterocycles. The van der Waals surface area contributed by atoms with E-state index in [1.807, 2.05) is 43.4 Å². The fourth-order valence-corrected chi connectivity index (χ4v) is 3.42. The Bertz CT molecular complexity index is 917. The Morgan fingerprint density at radius 1 is 1.22 bits per heavy atom. The highest BCUT2D eigenvalue weighted by Gasteiger charge is 2.21. The Kier molecular flexibility index (Phi) is 4.81. The van der Waals surface area contributed by atoms with Crippen LogP contribution >= 0.6 is 0 Å². The van der Waals surface area contributed by atoms with Crippen molar-refractivity contribution in [2.24, 2.45) is 0 Å². The largest absolute Gasteiger partial charge is 0.497 e. The lowest BCUT2D eigenvalue weighted by molar-refractivity contribution is 0.241. The molecule has 0 amide bonds. The molecule has 27 heavy (non-hydrogen) atoms. The molecule has 1 N–H and O–H groups in total. The SMILES string of the molecule is COc1cccc(-c2nc3c([nH]2)CN(Cc2ccc(N(C)C)nc2)CC3)c1. The molecule has 0 radical (unpaired) electrons. The van der Waals surface area contributed by atoms with Crippen LogP contribution in [0.25, 0.3) is 11.4 Å². The van der Waals surface area contributed by atoms with Crippen LogP contribution in [0.3, 0.4) is 0 Å². The van der Waals surface area contributed by atoms with Crippen LogP contribution in [-0.4, -0.2) is 47.6 Å². The summed E-state index contributed by atoms with van der Waals surface area (Å²) in [6, 6.07) is 12.2. The zero-order valence-corrected chi connectivity index (χ0v) is 16.1. The van der Waals surface area contributed by atoms with Crippen molar-refractivity contribution >= 4 is 5.82 Å². The van der Waals surface area contributed by atoms with Crippen molar-refractivity contribution in [2.45, 2.75) is 19.5 Å².